The van der Waals surface area contributed by atoms with Crippen LogP contribution >= 0.6 is 0 Å². The minimum Gasteiger partial charge on any atom is -0.469 e. The number of likely N-dealkylation sites (tertiary alicyclic amines) is 1. The molecular formula is C9H15NO3. The Balaban J connectivity index is 2.42. The molecule has 4 heteroatoms. The van der Waals surface area contributed by atoms with Crippen molar-refractivity contribution in [2.45, 2.75) is 32.2 Å². The summed E-state index contributed by atoms with van der Waals surface area (Å²) in [4.78, 5) is 23.9. The first-order chi connectivity index (χ1) is 6.15. The second-order valence-electron chi connectivity index (χ2n) is 3.32. The summed E-state index contributed by atoms with van der Waals surface area (Å²) in [6.07, 6.45) is 1.82. The molecule has 0 aromatic rings. The molecule has 1 saturated heterocycles. The zero-order valence-corrected chi connectivity index (χ0v) is 8.08. The van der Waals surface area contributed by atoms with E-state index in [-0.39, 0.29) is 17.9 Å². The predicted octanol–water partition coefficient (Wildman–Crippen LogP) is 0.560. The summed E-state index contributed by atoms with van der Waals surface area (Å²) in [6, 6.07) is -0.0255. The minimum absolute atomic E-state index is 0.0255. The molecule has 1 rings (SSSR count). The summed E-state index contributed by atoms with van der Waals surface area (Å²) in [5, 5.41) is 0. The summed E-state index contributed by atoms with van der Waals surface area (Å²) in [5.41, 5.74) is 0. The van der Waals surface area contributed by atoms with Crippen molar-refractivity contribution in [2.24, 2.45) is 0 Å². The monoisotopic (exact) mass is 185 g/mol. The van der Waals surface area contributed by atoms with Crippen LogP contribution in [-0.2, 0) is 14.3 Å². The van der Waals surface area contributed by atoms with Crippen molar-refractivity contribution in [1.29, 1.82) is 0 Å². The summed E-state index contributed by atoms with van der Waals surface area (Å²) in [7, 11) is 1.36. The highest BCUT2D eigenvalue weighted by molar-refractivity contribution is 5.79. The van der Waals surface area contributed by atoms with Gasteiger partial charge in [-0.15, -0.1) is 0 Å². The number of methoxy groups -OCH3 is 1. The van der Waals surface area contributed by atoms with Crippen LogP contribution in [0.15, 0.2) is 0 Å². The maximum atomic E-state index is 11.3. The van der Waals surface area contributed by atoms with Gasteiger partial charge in [0.1, 0.15) is 0 Å². The maximum absolute atomic E-state index is 11.3. The number of hydrogen-bond donors (Lipinski definition) is 0. The van der Waals surface area contributed by atoms with Gasteiger partial charge in [-0.25, -0.2) is 0 Å². The molecule has 4 nitrogen and oxygen atoms in total. The average molecular weight is 185 g/mol. The van der Waals surface area contributed by atoms with Gasteiger partial charge >= 0.3 is 5.97 Å². The first kappa shape index (κ1) is 10.0. The van der Waals surface area contributed by atoms with E-state index in [2.05, 4.69) is 4.74 Å². The van der Waals surface area contributed by atoms with Gasteiger partial charge in [-0.1, -0.05) is 0 Å². The molecule has 1 atom stereocenters. The molecule has 13 heavy (non-hydrogen) atoms. The SMILES string of the molecule is COC(=O)CC(C)N1CCCC1=O. The van der Waals surface area contributed by atoms with Crippen LogP contribution in [0.5, 0.6) is 0 Å². The van der Waals surface area contributed by atoms with Crippen LogP contribution in [0.25, 0.3) is 0 Å². The van der Waals surface area contributed by atoms with E-state index in [9.17, 15) is 9.59 Å². The lowest BCUT2D eigenvalue weighted by Crippen LogP contribution is -2.35. The topological polar surface area (TPSA) is 46.6 Å². The van der Waals surface area contributed by atoms with Gasteiger partial charge in [-0.3, -0.25) is 9.59 Å². The predicted molar refractivity (Wildman–Crippen MR) is 47.0 cm³/mol. The highest BCUT2D eigenvalue weighted by Gasteiger charge is 2.26. The Morgan fingerprint density at radius 2 is 2.38 bits per heavy atom. The number of hydrogen-bond acceptors (Lipinski definition) is 3. The summed E-state index contributed by atoms with van der Waals surface area (Å²) >= 11 is 0. The van der Waals surface area contributed by atoms with Crippen molar-refractivity contribution in [3.05, 3.63) is 0 Å². The number of carbonyl (C=O) groups is 2. The van der Waals surface area contributed by atoms with Gasteiger partial charge in [-0.2, -0.15) is 0 Å². The van der Waals surface area contributed by atoms with Gasteiger partial charge in [0.25, 0.3) is 0 Å². The Kier molecular flexibility index (Phi) is 3.28. The third-order valence-corrected chi connectivity index (χ3v) is 2.33. The van der Waals surface area contributed by atoms with E-state index < -0.39 is 0 Å². The summed E-state index contributed by atoms with van der Waals surface area (Å²) in [6.45, 7) is 2.65. The highest BCUT2D eigenvalue weighted by atomic mass is 16.5. The fourth-order valence-electron chi connectivity index (χ4n) is 1.57. The van der Waals surface area contributed by atoms with E-state index >= 15 is 0 Å². The van der Waals surface area contributed by atoms with Crippen molar-refractivity contribution in [2.75, 3.05) is 13.7 Å². The summed E-state index contributed by atoms with van der Waals surface area (Å²) in [5.74, 6) is -0.108. The van der Waals surface area contributed by atoms with E-state index in [0.717, 1.165) is 13.0 Å². The lowest BCUT2D eigenvalue weighted by molar-refractivity contribution is -0.142. The number of esters is 1. The lowest BCUT2D eigenvalue weighted by Gasteiger charge is -2.22. The average Bonchev–Trinajstić information content (AvgIpc) is 2.51. The van der Waals surface area contributed by atoms with Gasteiger partial charge in [0.2, 0.25) is 5.91 Å². The summed E-state index contributed by atoms with van der Waals surface area (Å²) < 4.78 is 4.54. The molecule has 1 aliphatic rings. The number of ether oxygens (including phenoxy) is 1. The van der Waals surface area contributed by atoms with Crippen molar-refractivity contribution in [3.63, 3.8) is 0 Å². The van der Waals surface area contributed by atoms with Crippen molar-refractivity contribution >= 4 is 11.9 Å². The van der Waals surface area contributed by atoms with Crippen LogP contribution in [0.1, 0.15) is 26.2 Å². The van der Waals surface area contributed by atoms with E-state index in [0.29, 0.717) is 12.8 Å². The van der Waals surface area contributed by atoms with E-state index in [1.807, 2.05) is 6.92 Å². The van der Waals surface area contributed by atoms with Crippen molar-refractivity contribution < 1.29 is 14.3 Å². The van der Waals surface area contributed by atoms with Crippen LogP contribution in [0, 0.1) is 0 Å². The van der Waals surface area contributed by atoms with Crippen LogP contribution in [0.4, 0.5) is 0 Å². The Morgan fingerprint density at radius 3 is 2.85 bits per heavy atom. The van der Waals surface area contributed by atoms with Crippen LogP contribution in [-0.4, -0.2) is 36.5 Å². The molecule has 1 amide bonds. The van der Waals surface area contributed by atoms with Crippen LogP contribution < -0.4 is 0 Å². The number of rotatable bonds is 3. The van der Waals surface area contributed by atoms with Gasteiger partial charge in [0, 0.05) is 19.0 Å². The largest absolute Gasteiger partial charge is 0.469 e. The Morgan fingerprint density at radius 1 is 1.69 bits per heavy atom. The smallest absolute Gasteiger partial charge is 0.307 e. The number of amides is 1. The van der Waals surface area contributed by atoms with Crippen molar-refractivity contribution in [1.82, 2.24) is 4.90 Å². The molecule has 0 radical (unpaired) electrons. The Bertz CT molecular complexity index is 215. The highest BCUT2D eigenvalue weighted by Crippen LogP contribution is 2.15. The Labute approximate surface area is 77.8 Å². The number of nitrogens with zero attached hydrogens (tertiary/aromatic N) is 1. The zero-order chi connectivity index (χ0) is 9.84. The normalized spacial score (nSPS) is 18.9. The number of carbonyl (C=O) groups excluding carboxylic acids is 2. The molecule has 1 aliphatic heterocycles. The molecule has 1 unspecified atom stereocenters. The Hall–Kier alpha value is -1.06. The molecule has 1 fully saturated rings. The van der Waals surface area contributed by atoms with Crippen LogP contribution in [0.3, 0.4) is 0 Å². The fourth-order valence-corrected chi connectivity index (χ4v) is 1.57. The molecule has 74 valence electrons. The minimum atomic E-state index is -0.257. The lowest BCUT2D eigenvalue weighted by atomic mass is 10.2. The van der Waals surface area contributed by atoms with E-state index in [1.165, 1.54) is 7.11 Å². The van der Waals surface area contributed by atoms with E-state index in [4.69, 9.17) is 0 Å². The second kappa shape index (κ2) is 4.25. The standard InChI is InChI=1S/C9H15NO3/c1-7(6-9(12)13-2)10-5-3-4-8(10)11/h7H,3-6H2,1-2H3. The maximum Gasteiger partial charge on any atom is 0.307 e. The molecule has 0 spiro atoms. The van der Waals surface area contributed by atoms with E-state index in [1.54, 1.807) is 4.90 Å². The zero-order valence-electron chi connectivity index (χ0n) is 8.08. The third kappa shape index (κ3) is 2.44. The molecule has 0 aromatic carbocycles. The van der Waals surface area contributed by atoms with Crippen molar-refractivity contribution in [3.8, 4) is 0 Å². The van der Waals surface area contributed by atoms with Gasteiger partial charge in [-0.05, 0) is 13.3 Å². The molecule has 1 heterocycles. The van der Waals surface area contributed by atoms with Gasteiger partial charge in [0.15, 0.2) is 0 Å². The van der Waals surface area contributed by atoms with Gasteiger partial charge in [0.05, 0.1) is 13.5 Å². The molecule has 0 aromatic heterocycles. The molecule has 0 bridgehead atoms. The van der Waals surface area contributed by atoms with Crippen LogP contribution in [0.2, 0.25) is 0 Å². The fraction of sp³-hybridized carbons (Fsp3) is 0.778. The molecule has 0 N–H and O–H groups in total. The third-order valence-electron chi connectivity index (χ3n) is 2.33. The molecule has 0 saturated carbocycles. The first-order valence-corrected chi connectivity index (χ1v) is 4.51. The molecular weight excluding hydrogens is 170 g/mol. The second-order valence-corrected chi connectivity index (χ2v) is 3.32. The quantitative estimate of drug-likeness (QED) is 0.603. The first-order valence-electron chi connectivity index (χ1n) is 4.51. The molecule has 0 aliphatic carbocycles. The van der Waals surface area contributed by atoms with Gasteiger partial charge < -0.3 is 9.64 Å².